The van der Waals surface area contributed by atoms with Crippen molar-refractivity contribution in [2.45, 2.75) is 31.5 Å². The number of aromatic hydroxyl groups is 1. The van der Waals surface area contributed by atoms with Crippen molar-refractivity contribution < 1.29 is 51.6 Å². The first-order chi connectivity index (χ1) is 20.5. The molecule has 234 valence electrons. The van der Waals surface area contributed by atoms with Crippen molar-refractivity contribution in [2.24, 2.45) is 5.16 Å². The van der Waals surface area contributed by atoms with Crippen LogP contribution < -0.4 is 21.8 Å². The minimum absolute atomic E-state index is 0.00337. The lowest BCUT2D eigenvalue weighted by Gasteiger charge is -2.44. The van der Waals surface area contributed by atoms with Crippen LogP contribution in [0.1, 0.15) is 30.0 Å². The first-order valence-corrected chi connectivity index (χ1v) is 14.3. The molecule has 2 atom stereocenters. The van der Waals surface area contributed by atoms with Crippen molar-refractivity contribution in [1.82, 2.24) is 29.9 Å². The van der Waals surface area contributed by atoms with E-state index in [2.05, 4.69) is 30.7 Å². The van der Waals surface area contributed by atoms with Gasteiger partial charge < -0.3 is 40.8 Å². The number of oxazole rings is 1. The van der Waals surface area contributed by atoms with Gasteiger partial charge in [-0.15, -0.1) is 11.3 Å². The number of nitrogen functional groups attached to an aromatic ring is 1. The van der Waals surface area contributed by atoms with Crippen LogP contribution >= 0.6 is 11.3 Å². The minimum atomic E-state index is -5.15. The normalized spacial score (nSPS) is 17.1. The van der Waals surface area contributed by atoms with E-state index in [1.54, 1.807) is 0 Å². The summed E-state index contributed by atoms with van der Waals surface area (Å²) in [6.07, 6.45) is 1.88. The topological polar surface area (TPSA) is 310 Å². The number of rotatable bonds is 11. The highest BCUT2D eigenvalue weighted by Crippen LogP contribution is 2.24. The molecule has 44 heavy (non-hydrogen) atoms. The summed E-state index contributed by atoms with van der Waals surface area (Å²) >= 11 is 0.901. The molecule has 22 heteroatoms. The smallest absolute Gasteiger partial charge is 0.362 e. The summed E-state index contributed by atoms with van der Waals surface area (Å²) in [5, 5.41) is 28.0. The van der Waals surface area contributed by atoms with Gasteiger partial charge in [-0.3, -0.25) is 23.7 Å². The third-order valence-electron chi connectivity index (χ3n) is 5.90. The van der Waals surface area contributed by atoms with Gasteiger partial charge in [-0.05, 0) is 13.8 Å². The number of anilines is 1. The Balaban J connectivity index is 1.52. The lowest BCUT2D eigenvalue weighted by atomic mass is 9.98. The molecule has 4 rings (SSSR count). The summed E-state index contributed by atoms with van der Waals surface area (Å²) in [6.45, 7) is 1.64. The van der Waals surface area contributed by atoms with E-state index in [4.69, 9.17) is 15.0 Å². The molecule has 0 saturated carbocycles. The van der Waals surface area contributed by atoms with Crippen LogP contribution in [0, 0.1) is 0 Å². The van der Waals surface area contributed by atoms with Crippen LogP contribution in [0.15, 0.2) is 38.3 Å². The monoisotopic (exact) mass is 654 g/mol. The lowest BCUT2D eigenvalue weighted by molar-refractivity contribution is -0.161. The molecule has 0 aliphatic carbocycles. The van der Waals surface area contributed by atoms with Crippen LogP contribution in [0.5, 0.6) is 5.75 Å². The highest BCUT2D eigenvalue weighted by Gasteiger charge is 2.54. The standard InChI is InChI=1S/C22H22N8O12S2/c1-22(2,20(36)37)42-29-14(10-7-43-21(23)27-10)17(34)28-15-11(30(19(15)35)44(38,39)40)4-25-16(33)9-6-41-18(26-9)8-3-12(31)13(32)5-24-8/h3,5-7,11,15,32H,4H2,1-2H3,(H2,23,27)(H,24,31)(H,25,33)(H,28,34)(H,36,37)(H,38,39,40)/b29-14-. The second-order valence-corrected chi connectivity index (χ2v) is 11.6. The van der Waals surface area contributed by atoms with Crippen molar-refractivity contribution in [2.75, 3.05) is 12.3 Å². The zero-order chi connectivity index (χ0) is 32.6. The van der Waals surface area contributed by atoms with E-state index >= 15 is 0 Å². The number of β-lactam (4-membered cyclic amide) rings is 1. The van der Waals surface area contributed by atoms with Crippen LogP contribution in [0.25, 0.3) is 11.6 Å². The first-order valence-electron chi connectivity index (χ1n) is 12.0. The molecule has 1 aliphatic rings. The largest absolute Gasteiger partial charge is 0.503 e. The van der Waals surface area contributed by atoms with Crippen molar-refractivity contribution in [3.05, 3.63) is 45.5 Å². The fourth-order valence-electron chi connectivity index (χ4n) is 3.55. The fraction of sp³-hybridized carbons (Fsp3) is 0.273. The number of carbonyl (C=O) groups is 4. The van der Waals surface area contributed by atoms with E-state index in [9.17, 15) is 47.2 Å². The molecule has 3 aromatic heterocycles. The Kier molecular flexibility index (Phi) is 8.42. The van der Waals surface area contributed by atoms with E-state index in [-0.39, 0.29) is 32.4 Å². The molecule has 3 amide bonds. The van der Waals surface area contributed by atoms with Gasteiger partial charge in [0.1, 0.15) is 23.7 Å². The summed E-state index contributed by atoms with van der Waals surface area (Å²) in [7, 11) is -5.15. The van der Waals surface area contributed by atoms with Gasteiger partial charge in [0.15, 0.2) is 22.3 Å². The molecule has 0 radical (unpaired) electrons. The number of nitrogens with zero attached hydrogens (tertiary/aromatic N) is 4. The van der Waals surface area contributed by atoms with Crippen LogP contribution in [0.4, 0.5) is 5.13 Å². The van der Waals surface area contributed by atoms with E-state index in [1.165, 1.54) is 5.38 Å². The van der Waals surface area contributed by atoms with Gasteiger partial charge in [0.2, 0.25) is 16.9 Å². The van der Waals surface area contributed by atoms with Crippen molar-refractivity contribution in [3.63, 3.8) is 0 Å². The number of thiazole rings is 1. The molecule has 20 nitrogen and oxygen atoms in total. The molecule has 0 aromatic carbocycles. The number of aromatic amines is 1. The highest BCUT2D eigenvalue weighted by atomic mass is 32.2. The molecule has 1 aliphatic heterocycles. The quantitative estimate of drug-likeness (QED) is 0.0524. The first kappa shape index (κ1) is 31.6. The molecule has 1 fully saturated rings. The Labute approximate surface area is 249 Å². The van der Waals surface area contributed by atoms with Gasteiger partial charge in [0, 0.05) is 24.2 Å². The number of hydrogen-bond acceptors (Lipinski definition) is 15. The number of carbonyl (C=O) groups excluding carboxylic acids is 3. The molecule has 0 spiro atoms. The number of pyridine rings is 1. The van der Waals surface area contributed by atoms with E-state index in [0.29, 0.717) is 0 Å². The predicted octanol–water partition coefficient (Wildman–Crippen LogP) is -1.71. The number of H-pyrrole nitrogens is 1. The molecule has 2 unspecified atom stereocenters. The zero-order valence-corrected chi connectivity index (χ0v) is 24.0. The van der Waals surface area contributed by atoms with Crippen LogP contribution in [-0.2, 0) is 29.5 Å². The number of aromatic nitrogens is 3. The Morgan fingerprint density at radius 1 is 1.27 bits per heavy atom. The number of oxime groups is 1. The second-order valence-electron chi connectivity index (χ2n) is 9.39. The zero-order valence-electron chi connectivity index (χ0n) is 22.4. The van der Waals surface area contributed by atoms with E-state index < -0.39 is 75.1 Å². The van der Waals surface area contributed by atoms with E-state index in [0.717, 1.165) is 43.7 Å². The summed E-state index contributed by atoms with van der Waals surface area (Å²) in [4.78, 5) is 76.9. The average Bonchev–Trinajstić information content (AvgIpc) is 3.60. The lowest BCUT2D eigenvalue weighted by Crippen LogP contribution is -2.74. The SMILES string of the molecule is CC(C)(O/N=C(\C(=O)NC1C(=O)N(S(=O)(=O)O)C1CNC(=O)c1coc(-c2cc(=O)c(O)c[nH]2)n1)c1csc(N)n1)C(=O)O. The highest BCUT2D eigenvalue weighted by molar-refractivity contribution is 7.84. The van der Waals surface area contributed by atoms with Crippen molar-refractivity contribution in [1.29, 1.82) is 0 Å². The van der Waals surface area contributed by atoms with Crippen molar-refractivity contribution in [3.8, 4) is 17.3 Å². The molecule has 8 N–H and O–H groups in total. The fourth-order valence-corrected chi connectivity index (χ4v) is 4.98. The number of nitrogens with two attached hydrogens (primary N) is 1. The van der Waals surface area contributed by atoms with Crippen LogP contribution in [0.3, 0.4) is 0 Å². The second kappa shape index (κ2) is 11.7. The van der Waals surface area contributed by atoms with Crippen LogP contribution in [-0.4, -0.2) is 96.1 Å². The maximum Gasteiger partial charge on any atom is 0.362 e. The number of hydrogen-bond donors (Lipinski definition) is 7. The van der Waals surface area contributed by atoms with Gasteiger partial charge in [-0.1, -0.05) is 5.16 Å². The third kappa shape index (κ3) is 6.50. The molecular formula is C22H22N8O12S2. The van der Waals surface area contributed by atoms with Gasteiger partial charge in [0.05, 0.1) is 6.04 Å². The number of nitrogens with one attached hydrogen (secondary N) is 3. The summed E-state index contributed by atoms with van der Waals surface area (Å²) < 4.78 is 38.5. The summed E-state index contributed by atoms with van der Waals surface area (Å²) in [5.41, 5.74) is 1.87. The maximum atomic E-state index is 13.2. The van der Waals surface area contributed by atoms with Gasteiger partial charge >= 0.3 is 16.3 Å². The average molecular weight is 655 g/mol. The predicted molar refractivity (Wildman–Crippen MR) is 147 cm³/mol. The Bertz CT molecular complexity index is 1840. The minimum Gasteiger partial charge on any atom is -0.503 e. The molecule has 0 bridgehead atoms. The molecule has 1 saturated heterocycles. The van der Waals surface area contributed by atoms with Crippen molar-refractivity contribution >= 4 is 56.2 Å². The third-order valence-corrected chi connectivity index (χ3v) is 7.52. The summed E-state index contributed by atoms with van der Waals surface area (Å²) in [6, 6.07) is -2.23. The Morgan fingerprint density at radius 2 is 1.98 bits per heavy atom. The van der Waals surface area contributed by atoms with Gasteiger partial charge in [0.25, 0.3) is 17.7 Å². The molecule has 3 aromatic rings. The van der Waals surface area contributed by atoms with Crippen LogP contribution in [0.2, 0.25) is 0 Å². The number of aliphatic carboxylic acids is 1. The number of carboxylic acids is 1. The van der Waals surface area contributed by atoms with E-state index in [1.807, 2.05) is 0 Å². The molecule has 4 heterocycles. The van der Waals surface area contributed by atoms with Gasteiger partial charge in [-0.25, -0.2) is 19.1 Å². The Morgan fingerprint density at radius 3 is 2.57 bits per heavy atom. The summed E-state index contributed by atoms with van der Waals surface area (Å²) in [5.74, 6) is -5.58. The number of carboxylic acid groups (broad SMARTS) is 1. The Hall–Kier alpha value is -5.35. The maximum absolute atomic E-state index is 13.2. The molecular weight excluding hydrogens is 632 g/mol. The number of amides is 3. The van der Waals surface area contributed by atoms with Gasteiger partial charge in [-0.2, -0.15) is 8.42 Å².